The van der Waals surface area contributed by atoms with Crippen molar-refractivity contribution in [3.8, 4) is 0 Å². The smallest absolute Gasteiger partial charge is 0.337 e. The van der Waals surface area contributed by atoms with Crippen LogP contribution in [0.15, 0.2) is 72.2 Å². The van der Waals surface area contributed by atoms with Crippen LogP contribution in [0.4, 0.5) is 5.69 Å². The van der Waals surface area contributed by atoms with Gasteiger partial charge in [0.2, 0.25) is 11.8 Å². The van der Waals surface area contributed by atoms with Crippen molar-refractivity contribution in [3.05, 3.63) is 88.2 Å². The second-order valence-corrected chi connectivity index (χ2v) is 10.6. The molecule has 2 N–H and O–H groups in total. The molecule has 1 fully saturated rings. The summed E-state index contributed by atoms with van der Waals surface area (Å²) in [4.78, 5) is 45.6. The summed E-state index contributed by atoms with van der Waals surface area (Å²) in [5.41, 5.74) is 2.73. The van der Waals surface area contributed by atoms with E-state index in [0.29, 0.717) is 11.3 Å². The number of ether oxygens (including phenoxy) is 1. The zero-order chi connectivity index (χ0) is 26.5. The molecule has 1 aliphatic carbocycles. The average molecular weight is 530 g/mol. The Balaban J connectivity index is 1.53. The van der Waals surface area contributed by atoms with E-state index >= 15 is 0 Å². The van der Waals surface area contributed by atoms with Crippen LogP contribution in [0.2, 0.25) is 0 Å². The van der Waals surface area contributed by atoms with E-state index in [1.54, 1.807) is 29.2 Å². The predicted molar refractivity (Wildman–Crippen MR) is 149 cm³/mol. The van der Waals surface area contributed by atoms with Gasteiger partial charge in [-0.05, 0) is 60.2 Å². The Morgan fingerprint density at radius 3 is 2.50 bits per heavy atom. The number of carbonyl (C=O) groups excluding carboxylic acids is 3. The Hall–Kier alpha value is -3.91. The van der Waals surface area contributed by atoms with Gasteiger partial charge < -0.3 is 15.0 Å². The normalized spacial score (nSPS) is 14.7. The summed E-state index contributed by atoms with van der Waals surface area (Å²) in [7, 11) is 1.33. The number of benzene rings is 2. The average Bonchev–Trinajstić information content (AvgIpc) is 3.62. The molecular weight excluding hydrogens is 498 g/mol. The summed E-state index contributed by atoms with van der Waals surface area (Å²) in [6.07, 6.45) is 7.22. The third-order valence-electron chi connectivity index (χ3n) is 7.12. The Labute approximate surface area is 225 Å². The van der Waals surface area contributed by atoms with E-state index in [9.17, 15) is 14.4 Å². The Bertz CT molecular complexity index is 1410. The van der Waals surface area contributed by atoms with Crippen LogP contribution >= 0.6 is 11.3 Å². The monoisotopic (exact) mass is 529 g/mol. The Kier molecular flexibility index (Phi) is 7.89. The van der Waals surface area contributed by atoms with E-state index < -0.39 is 12.0 Å². The lowest BCUT2D eigenvalue weighted by atomic mass is 9.95. The quantitative estimate of drug-likeness (QED) is 0.283. The molecule has 38 heavy (non-hydrogen) atoms. The fourth-order valence-corrected chi connectivity index (χ4v) is 6.00. The number of anilines is 1. The molecule has 0 spiro atoms. The molecule has 8 heteroatoms. The number of amides is 2. The highest BCUT2D eigenvalue weighted by Gasteiger charge is 2.35. The van der Waals surface area contributed by atoms with Gasteiger partial charge in [0.25, 0.3) is 0 Å². The number of hydrogen-bond donors (Lipinski definition) is 2. The number of fused-ring (bicyclic) bond motifs is 1. The largest absolute Gasteiger partial charge is 0.465 e. The highest BCUT2D eigenvalue weighted by molar-refractivity contribution is 7.10. The van der Waals surface area contributed by atoms with Gasteiger partial charge in [0.1, 0.15) is 6.04 Å². The van der Waals surface area contributed by atoms with Crippen molar-refractivity contribution in [2.45, 2.75) is 50.6 Å². The standard InChI is InChI=1S/C30H31N3O4S/c1-37-30(36)20-13-15-23(16-14-20)33(27(34)18-21-19-31-25-11-6-5-10-24(21)25)28(26-12-7-17-38-26)29(35)32-22-8-3-2-4-9-22/h5-7,10-17,19,22,28,31H,2-4,8-9,18H2,1H3,(H,32,35). The van der Waals surface area contributed by atoms with Crippen molar-refractivity contribution >= 4 is 45.7 Å². The van der Waals surface area contributed by atoms with Crippen molar-refractivity contribution in [3.63, 3.8) is 0 Å². The fourth-order valence-electron chi connectivity index (χ4n) is 5.19. The topological polar surface area (TPSA) is 91.5 Å². The molecule has 5 rings (SSSR count). The predicted octanol–water partition coefficient (Wildman–Crippen LogP) is 5.78. The molecule has 1 atom stereocenters. The van der Waals surface area contributed by atoms with E-state index in [0.717, 1.165) is 47.0 Å². The summed E-state index contributed by atoms with van der Waals surface area (Å²) in [6.45, 7) is 0. The van der Waals surface area contributed by atoms with Gasteiger partial charge in [-0.2, -0.15) is 0 Å². The number of esters is 1. The number of aromatic nitrogens is 1. The maximum absolute atomic E-state index is 14.1. The lowest BCUT2D eigenvalue weighted by molar-refractivity contribution is -0.127. The van der Waals surface area contributed by atoms with Crippen molar-refractivity contribution in [1.29, 1.82) is 0 Å². The molecule has 0 aliphatic heterocycles. The molecule has 0 radical (unpaired) electrons. The lowest BCUT2D eigenvalue weighted by Crippen LogP contribution is -2.47. The minimum absolute atomic E-state index is 0.103. The number of hydrogen-bond acceptors (Lipinski definition) is 5. The molecule has 4 aromatic rings. The molecule has 7 nitrogen and oxygen atoms in total. The summed E-state index contributed by atoms with van der Waals surface area (Å²) < 4.78 is 4.84. The van der Waals surface area contributed by atoms with Crippen LogP contribution in [0.3, 0.4) is 0 Å². The maximum Gasteiger partial charge on any atom is 0.337 e. The molecule has 1 saturated carbocycles. The van der Waals surface area contributed by atoms with Gasteiger partial charge in [0, 0.05) is 33.7 Å². The van der Waals surface area contributed by atoms with E-state index in [1.807, 2.05) is 48.0 Å². The van der Waals surface area contributed by atoms with Crippen molar-refractivity contribution in [1.82, 2.24) is 10.3 Å². The van der Waals surface area contributed by atoms with Crippen LogP contribution in [0.5, 0.6) is 0 Å². The number of carbonyl (C=O) groups is 3. The number of para-hydroxylation sites is 1. The molecule has 1 aliphatic rings. The van der Waals surface area contributed by atoms with Crippen LogP contribution < -0.4 is 10.2 Å². The molecule has 2 heterocycles. The van der Waals surface area contributed by atoms with Gasteiger partial charge in [-0.25, -0.2) is 4.79 Å². The summed E-state index contributed by atoms with van der Waals surface area (Å²) >= 11 is 1.45. The third kappa shape index (κ3) is 5.50. The highest BCUT2D eigenvalue weighted by Crippen LogP contribution is 2.33. The highest BCUT2D eigenvalue weighted by atomic mass is 32.1. The van der Waals surface area contributed by atoms with E-state index in [1.165, 1.54) is 24.9 Å². The first kappa shape index (κ1) is 25.7. The van der Waals surface area contributed by atoms with E-state index in [4.69, 9.17) is 4.74 Å². The Morgan fingerprint density at radius 1 is 1.03 bits per heavy atom. The lowest BCUT2D eigenvalue weighted by Gasteiger charge is -2.33. The molecule has 196 valence electrons. The van der Waals surface area contributed by atoms with Gasteiger partial charge in [0.05, 0.1) is 19.1 Å². The molecule has 0 bridgehead atoms. The number of nitrogens with zero attached hydrogens (tertiary/aromatic N) is 1. The Morgan fingerprint density at radius 2 is 1.79 bits per heavy atom. The molecule has 2 aromatic heterocycles. The van der Waals surface area contributed by atoms with Gasteiger partial charge in [-0.3, -0.25) is 14.5 Å². The molecule has 2 amide bonds. The van der Waals surface area contributed by atoms with Crippen LogP contribution in [0.25, 0.3) is 10.9 Å². The first-order valence-corrected chi connectivity index (χ1v) is 13.8. The zero-order valence-electron chi connectivity index (χ0n) is 21.3. The van der Waals surface area contributed by atoms with Crippen molar-refractivity contribution in [2.24, 2.45) is 0 Å². The zero-order valence-corrected chi connectivity index (χ0v) is 22.1. The van der Waals surface area contributed by atoms with Crippen LogP contribution in [-0.2, 0) is 20.7 Å². The maximum atomic E-state index is 14.1. The number of aromatic amines is 1. The summed E-state index contributed by atoms with van der Waals surface area (Å²) in [5.74, 6) is -0.862. The van der Waals surface area contributed by atoms with E-state index in [2.05, 4.69) is 10.3 Å². The first-order valence-electron chi connectivity index (χ1n) is 12.9. The molecule has 1 unspecified atom stereocenters. The number of thiophene rings is 1. The number of H-pyrrole nitrogens is 1. The van der Waals surface area contributed by atoms with Crippen LogP contribution in [-0.4, -0.2) is 35.9 Å². The second-order valence-electron chi connectivity index (χ2n) is 9.60. The van der Waals surface area contributed by atoms with Crippen molar-refractivity contribution < 1.29 is 19.1 Å². The number of methoxy groups -OCH3 is 1. The SMILES string of the molecule is COC(=O)c1ccc(N(C(=O)Cc2c[nH]c3ccccc23)C(C(=O)NC2CCCCC2)c2cccs2)cc1. The molecule has 2 aromatic carbocycles. The van der Waals surface area contributed by atoms with Crippen LogP contribution in [0.1, 0.15) is 58.9 Å². The first-order chi connectivity index (χ1) is 18.5. The van der Waals surface area contributed by atoms with Gasteiger partial charge in [-0.1, -0.05) is 43.5 Å². The van der Waals surface area contributed by atoms with Crippen molar-refractivity contribution in [2.75, 3.05) is 12.0 Å². The minimum Gasteiger partial charge on any atom is -0.465 e. The van der Waals surface area contributed by atoms with Gasteiger partial charge >= 0.3 is 5.97 Å². The van der Waals surface area contributed by atoms with Gasteiger partial charge in [0.15, 0.2) is 0 Å². The second kappa shape index (κ2) is 11.6. The third-order valence-corrected chi connectivity index (χ3v) is 8.05. The van der Waals surface area contributed by atoms with Gasteiger partial charge in [-0.15, -0.1) is 11.3 Å². The minimum atomic E-state index is -0.835. The fraction of sp³-hybridized carbons (Fsp3) is 0.300. The summed E-state index contributed by atoms with van der Waals surface area (Å²) in [6, 6.07) is 17.5. The molecular formula is C30H31N3O4S. The number of rotatable bonds is 8. The summed E-state index contributed by atoms with van der Waals surface area (Å²) in [5, 5.41) is 6.12. The molecule has 0 saturated heterocycles. The van der Waals surface area contributed by atoms with Crippen LogP contribution in [0, 0.1) is 0 Å². The number of nitrogens with one attached hydrogen (secondary N) is 2. The van der Waals surface area contributed by atoms with E-state index in [-0.39, 0.29) is 24.3 Å².